The summed E-state index contributed by atoms with van der Waals surface area (Å²) < 4.78 is 0. The van der Waals surface area contributed by atoms with E-state index in [1.54, 1.807) is 0 Å². The second-order valence-electron chi connectivity index (χ2n) is 6.24. The van der Waals surface area contributed by atoms with Crippen LogP contribution in [0.3, 0.4) is 0 Å². The van der Waals surface area contributed by atoms with Crippen molar-refractivity contribution < 1.29 is 14.4 Å². The van der Waals surface area contributed by atoms with Gasteiger partial charge in [-0.3, -0.25) is 25.2 Å². The molecule has 130 valence electrons. The first kappa shape index (κ1) is 18.0. The van der Waals surface area contributed by atoms with E-state index >= 15 is 0 Å². The van der Waals surface area contributed by atoms with E-state index < -0.39 is 6.04 Å². The molecule has 3 amide bonds. The van der Waals surface area contributed by atoms with Gasteiger partial charge < -0.3 is 5.32 Å². The van der Waals surface area contributed by atoms with Crippen molar-refractivity contribution >= 4 is 17.7 Å². The van der Waals surface area contributed by atoms with E-state index in [9.17, 15) is 14.4 Å². The number of hydrazine groups is 1. The third-order valence-corrected chi connectivity index (χ3v) is 4.27. The second-order valence-corrected chi connectivity index (χ2v) is 6.24. The molecule has 1 saturated carbocycles. The summed E-state index contributed by atoms with van der Waals surface area (Å²) in [6.45, 7) is 1.42. The molecule has 0 bridgehead atoms. The van der Waals surface area contributed by atoms with Crippen molar-refractivity contribution in [2.75, 3.05) is 0 Å². The quantitative estimate of drug-likeness (QED) is 0.721. The third-order valence-electron chi connectivity index (χ3n) is 4.27. The number of rotatable bonds is 5. The Labute approximate surface area is 142 Å². The molecule has 1 aliphatic rings. The number of amides is 3. The highest BCUT2D eigenvalue weighted by Crippen LogP contribution is 2.23. The maximum Gasteiger partial charge on any atom is 0.241 e. The predicted molar refractivity (Wildman–Crippen MR) is 90.5 cm³/mol. The van der Waals surface area contributed by atoms with Crippen molar-refractivity contribution in [2.45, 2.75) is 51.5 Å². The molecule has 6 heteroatoms. The molecule has 6 nitrogen and oxygen atoms in total. The topological polar surface area (TPSA) is 87.3 Å². The minimum atomic E-state index is -0.421. The van der Waals surface area contributed by atoms with Crippen LogP contribution < -0.4 is 16.2 Å². The summed E-state index contributed by atoms with van der Waals surface area (Å²) in [7, 11) is 0. The summed E-state index contributed by atoms with van der Waals surface area (Å²) >= 11 is 0. The highest BCUT2D eigenvalue weighted by atomic mass is 16.2. The first-order chi connectivity index (χ1) is 11.6. The number of carbonyl (C=O) groups excluding carboxylic acids is 3. The molecule has 0 aliphatic heterocycles. The lowest BCUT2D eigenvalue weighted by atomic mass is 9.89. The maximum absolute atomic E-state index is 12.1. The van der Waals surface area contributed by atoms with Gasteiger partial charge in [0.1, 0.15) is 0 Å². The second kappa shape index (κ2) is 9.05. The molecule has 1 aliphatic carbocycles. The van der Waals surface area contributed by atoms with E-state index in [0.717, 1.165) is 31.2 Å². The molecule has 0 spiro atoms. The molecular formula is C18H25N3O3. The van der Waals surface area contributed by atoms with E-state index in [1.165, 1.54) is 13.3 Å². The molecule has 0 aromatic heterocycles. The van der Waals surface area contributed by atoms with Crippen LogP contribution in [0.5, 0.6) is 0 Å². The Hall–Kier alpha value is -2.37. The average molecular weight is 331 g/mol. The monoisotopic (exact) mass is 331 g/mol. The molecule has 0 saturated heterocycles. The van der Waals surface area contributed by atoms with Crippen LogP contribution in [0, 0.1) is 5.92 Å². The summed E-state index contributed by atoms with van der Waals surface area (Å²) in [4.78, 5) is 35.5. The molecule has 2 rings (SSSR count). The highest BCUT2D eigenvalue weighted by molar-refractivity contribution is 5.84. The predicted octanol–water partition coefficient (Wildman–Crippen LogP) is 1.98. The van der Waals surface area contributed by atoms with Gasteiger partial charge in [0.2, 0.25) is 17.7 Å². The largest absolute Gasteiger partial charge is 0.349 e. The van der Waals surface area contributed by atoms with Gasteiger partial charge in [0.05, 0.1) is 12.5 Å². The van der Waals surface area contributed by atoms with Gasteiger partial charge in [-0.25, -0.2) is 0 Å². The summed E-state index contributed by atoms with van der Waals surface area (Å²) in [5.41, 5.74) is 5.82. The van der Waals surface area contributed by atoms with Crippen LogP contribution in [-0.2, 0) is 14.4 Å². The van der Waals surface area contributed by atoms with Crippen LogP contribution in [0.4, 0.5) is 0 Å². The minimum Gasteiger partial charge on any atom is -0.349 e. The van der Waals surface area contributed by atoms with Crippen molar-refractivity contribution in [1.29, 1.82) is 0 Å². The fourth-order valence-electron chi connectivity index (χ4n) is 3.02. The van der Waals surface area contributed by atoms with Gasteiger partial charge in [-0.2, -0.15) is 0 Å². The number of hydrogen-bond acceptors (Lipinski definition) is 3. The van der Waals surface area contributed by atoms with Gasteiger partial charge in [-0.1, -0.05) is 49.6 Å². The van der Waals surface area contributed by atoms with Crippen molar-refractivity contribution in [3.05, 3.63) is 35.9 Å². The van der Waals surface area contributed by atoms with Gasteiger partial charge in [0.15, 0.2) is 0 Å². The molecule has 1 aromatic rings. The van der Waals surface area contributed by atoms with Crippen molar-refractivity contribution in [1.82, 2.24) is 16.2 Å². The van der Waals surface area contributed by atoms with Gasteiger partial charge in [-0.15, -0.1) is 0 Å². The zero-order chi connectivity index (χ0) is 17.4. The lowest BCUT2D eigenvalue weighted by Crippen LogP contribution is -2.46. The smallest absolute Gasteiger partial charge is 0.241 e. The van der Waals surface area contributed by atoms with Crippen LogP contribution in [0.1, 0.15) is 57.1 Å². The summed E-state index contributed by atoms with van der Waals surface area (Å²) in [6.07, 6.45) is 5.11. The Morgan fingerprint density at radius 2 is 1.71 bits per heavy atom. The number of nitrogens with one attached hydrogen (secondary N) is 3. The fourth-order valence-corrected chi connectivity index (χ4v) is 3.02. The van der Waals surface area contributed by atoms with Crippen LogP contribution in [-0.4, -0.2) is 17.7 Å². The van der Waals surface area contributed by atoms with Crippen molar-refractivity contribution in [2.24, 2.45) is 5.92 Å². The minimum absolute atomic E-state index is 0.0145. The highest BCUT2D eigenvalue weighted by Gasteiger charge is 2.22. The third kappa shape index (κ3) is 5.68. The van der Waals surface area contributed by atoms with Gasteiger partial charge in [0, 0.05) is 12.8 Å². The standard InChI is InChI=1S/C18H25N3O3/c1-13(22)19-16(14-8-4-2-5-9-14)12-17(23)20-21-18(24)15-10-6-3-7-11-15/h2,4-5,8-9,15-16H,3,6-7,10-12H2,1H3,(H,19,22)(H,20,23)(H,21,24)/t16-/m0/s1. The molecule has 24 heavy (non-hydrogen) atoms. The lowest BCUT2D eigenvalue weighted by molar-refractivity contribution is -0.132. The Balaban J connectivity index is 1.85. The van der Waals surface area contributed by atoms with Crippen LogP contribution >= 0.6 is 0 Å². The van der Waals surface area contributed by atoms with Crippen LogP contribution in [0.2, 0.25) is 0 Å². The fraction of sp³-hybridized carbons (Fsp3) is 0.500. The lowest BCUT2D eigenvalue weighted by Gasteiger charge is -2.22. The van der Waals surface area contributed by atoms with E-state index in [2.05, 4.69) is 16.2 Å². The zero-order valence-electron chi connectivity index (χ0n) is 14.0. The van der Waals surface area contributed by atoms with Gasteiger partial charge in [-0.05, 0) is 18.4 Å². The summed E-state index contributed by atoms with van der Waals surface area (Å²) in [5, 5.41) is 2.77. The van der Waals surface area contributed by atoms with E-state index in [4.69, 9.17) is 0 Å². The van der Waals surface area contributed by atoms with Crippen molar-refractivity contribution in [3.8, 4) is 0 Å². The Kier molecular flexibility index (Phi) is 6.78. The van der Waals surface area contributed by atoms with Crippen LogP contribution in [0.15, 0.2) is 30.3 Å². The van der Waals surface area contributed by atoms with Crippen LogP contribution in [0.25, 0.3) is 0 Å². The SMILES string of the molecule is CC(=O)N[C@@H](CC(=O)NNC(=O)C1CCCCC1)c1ccccc1. The first-order valence-electron chi connectivity index (χ1n) is 8.47. The van der Waals surface area contributed by atoms with E-state index in [1.807, 2.05) is 30.3 Å². The van der Waals surface area contributed by atoms with E-state index in [-0.39, 0.29) is 30.1 Å². The Bertz CT molecular complexity index is 568. The number of hydrogen-bond donors (Lipinski definition) is 3. The molecule has 0 radical (unpaired) electrons. The zero-order valence-corrected chi connectivity index (χ0v) is 14.0. The summed E-state index contributed by atoms with van der Waals surface area (Å²) in [5.74, 6) is -0.678. The molecule has 1 fully saturated rings. The maximum atomic E-state index is 12.1. The van der Waals surface area contributed by atoms with Gasteiger partial charge in [0.25, 0.3) is 0 Å². The molecular weight excluding hydrogens is 306 g/mol. The normalized spacial score (nSPS) is 16.0. The molecule has 0 unspecified atom stereocenters. The Morgan fingerprint density at radius 1 is 1.04 bits per heavy atom. The first-order valence-corrected chi connectivity index (χ1v) is 8.47. The number of carbonyl (C=O) groups is 3. The molecule has 3 N–H and O–H groups in total. The Morgan fingerprint density at radius 3 is 2.33 bits per heavy atom. The van der Waals surface area contributed by atoms with Gasteiger partial charge >= 0.3 is 0 Å². The number of benzene rings is 1. The molecule has 0 heterocycles. The van der Waals surface area contributed by atoms with Crippen molar-refractivity contribution in [3.63, 3.8) is 0 Å². The molecule has 1 atom stereocenters. The average Bonchev–Trinajstić information content (AvgIpc) is 2.60. The van der Waals surface area contributed by atoms with E-state index in [0.29, 0.717) is 0 Å². The summed E-state index contributed by atoms with van der Waals surface area (Å²) in [6, 6.07) is 8.87. The molecule has 1 aromatic carbocycles.